The summed E-state index contributed by atoms with van der Waals surface area (Å²) in [5, 5.41) is 11.7. The molecule has 0 saturated heterocycles. The maximum atomic E-state index is 6.24. The second-order valence-corrected chi connectivity index (χ2v) is 10.8. The van der Waals surface area contributed by atoms with E-state index in [9.17, 15) is 0 Å². The van der Waals surface area contributed by atoms with Crippen molar-refractivity contribution in [3.63, 3.8) is 0 Å². The number of hydrogen-bond donors (Lipinski definition) is 0. The molecule has 0 N–H and O–H groups in total. The monoisotopic (exact) mass is 567 g/mol. The molecule has 208 valence electrons. The normalized spacial score (nSPS) is 12.2. The third-order valence-electron chi connectivity index (χ3n) is 8.30. The summed E-state index contributed by atoms with van der Waals surface area (Å²) in [4.78, 5) is 2.23. The van der Waals surface area contributed by atoms with Crippen molar-refractivity contribution >= 4 is 38.9 Å². The first-order chi connectivity index (χ1) is 21.8. The molecule has 1 aliphatic rings. The molecule has 0 amide bonds. The third kappa shape index (κ3) is 3.75. The first-order valence-corrected chi connectivity index (χ1v) is 14.6. The van der Waals surface area contributed by atoms with E-state index in [0.29, 0.717) is 0 Å². The highest BCUT2D eigenvalue weighted by molar-refractivity contribution is 6.09. The summed E-state index contributed by atoms with van der Waals surface area (Å²) in [5.41, 5.74) is 9.13. The highest BCUT2D eigenvalue weighted by Crippen LogP contribution is 2.51. The van der Waals surface area contributed by atoms with E-state index in [2.05, 4.69) is 117 Å². The van der Waals surface area contributed by atoms with E-state index in [1.807, 2.05) is 59.4 Å². The largest absolute Gasteiger partial charge is 0.453 e. The van der Waals surface area contributed by atoms with E-state index in [4.69, 9.17) is 4.74 Å². The zero-order chi connectivity index (χ0) is 29.0. The Morgan fingerprint density at radius 2 is 1.00 bits per heavy atom. The zero-order valence-corrected chi connectivity index (χ0v) is 23.6. The molecule has 0 aliphatic carbocycles. The predicted octanol–water partition coefficient (Wildman–Crippen LogP) is 9.61. The lowest BCUT2D eigenvalue weighted by molar-refractivity contribution is 0.477. The molecule has 0 saturated carbocycles. The molecule has 1 aliphatic heterocycles. The summed E-state index contributed by atoms with van der Waals surface area (Å²) in [5.74, 6) is 1.62. The van der Waals surface area contributed by atoms with Gasteiger partial charge in [0, 0.05) is 22.0 Å². The molecule has 8 aromatic rings. The van der Waals surface area contributed by atoms with Gasteiger partial charge in [-0.1, -0.05) is 90.1 Å². The van der Waals surface area contributed by atoms with Crippen molar-refractivity contribution in [2.45, 2.75) is 0 Å². The quantitative estimate of drug-likeness (QED) is 0.212. The highest BCUT2D eigenvalue weighted by atomic mass is 16.5. The van der Waals surface area contributed by atoms with E-state index in [0.717, 1.165) is 51.2 Å². The molecule has 9 rings (SSSR count). The van der Waals surface area contributed by atoms with Gasteiger partial charge < -0.3 is 14.2 Å². The van der Waals surface area contributed by atoms with Crippen LogP contribution in [0.2, 0.25) is 0 Å². The molecule has 0 radical (unpaired) electrons. The van der Waals surface area contributed by atoms with Crippen LogP contribution in [0.5, 0.6) is 11.5 Å². The van der Waals surface area contributed by atoms with Gasteiger partial charge in [0.25, 0.3) is 0 Å². The van der Waals surface area contributed by atoms with E-state index in [1.165, 1.54) is 21.8 Å². The van der Waals surface area contributed by atoms with Gasteiger partial charge in [0.05, 0.1) is 40.0 Å². The van der Waals surface area contributed by atoms with Gasteiger partial charge in [-0.05, 0) is 60.7 Å². The van der Waals surface area contributed by atoms with Crippen LogP contribution in [0.3, 0.4) is 0 Å². The Kier molecular flexibility index (Phi) is 5.40. The van der Waals surface area contributed by atoms with Crippen LogP contribution in [0.15, 0.2) is 152 Å². The average molecular weight is 568 g/mol. The van der Waals surface area contributed by atoms with Crippen LogP contribution in [-0.2, 0) is 0 Å². The molecule has 44 heavy (non-hydrogen) atoms. The number of benzene rings is 6. The topological polar surface area (TPSA) is 48.1 Å². The number of fused-ring (bicyclic) bond motifs is 5. The fourth-order valence-electron chi connectivity index (χ4n) is 6.31. The number of nitrogens with zero attached hydrogens (tertiary/aromatic N) is 5. The number of para-hydroxylation sites is 8. The highest BCUT2D eigenvalue weighted by Gasteiger charge is 2.27. The fourth-order valence-corrected chi connectivity index (χ4v) is 6.31. The lowest BCUT2D eigenvalue weighted by atomic mass is 10.1. The van der Waals surface area contributed by atoms with Gasteiger partial charge in [0.1, 0.15) is 5.69 Å². The Morgan fingerprint density at radius 1 is 0.477 bits per heavy atom. The average Bonchev–Trinajstić information content (AvgIpc) is 3.71. The number of aromatic nitrogens is 4. The molecule has 6 heteroatoms. The van der Waals surface area contributed by atoms with Crippen LogP contribution in [0, 0.1) is 0 Å². The minimum atomic E-state index is 0.802. The maximum Gasteiger partial charge on any atom is 0.151 e. The van der Waals surface area contributed by atoms with Gasteiger partial charge in [-0.3, -0.25) is 0 Å². The van der Waals surface area contributed by atoms with E-state index < -0.39 is 0 Å². The van der Waals surface area contributed by atoms with Crippen molar-refractivity contribution < 1.29 is 4.74 Å². The van der Waals surface area contributed by atoms with E-state index in [-0.39, 0.29) is 0 Å². The summed E-state index contributed by atoms with van der Waals surface area (Å²) in [7, 11) is 0. The van der Waals surface area contributed by atoms with Crippen molar-refractivity contribution in [2.24, 2.45) is 0 Å². The van der Waals surface area contributed by atoms with Crippen LogP contribution in [0.4, 0.5) is 17.1 Å². The van der Waals surface area contributed by atoms with Crippen molar-refractivity contribution in [3.8, 4) is 34.1 Å². The molecule has 0 spiro atoms. The van der Waals surface area contributed by atoms with Gasteiger partial charge in [0.2, 0.25) is 0 Å². The van der Waals surface area contributed by atoms with Crippen LogP contribution < -0.4 is 9.64 Å². The van der Waals surface area contributed by atoms with Crippen LogP contribution >= 0.6 is 0 Å². The Balaban J connectivity index is 1.11. The second-order valence-electron chi connectivity index (χ2n) is 10.8. The molecular weight excluding hydrogens is 542 g/mol. The van der Waals surface area contributed by atoms with Gasteiger partial charge in [-0.25, -0.2) is 4.68 Å². The molecule has 6 aromatic carbocycles. The minimum Gasteiger partial charge on any atom is -0.453 e. The first-order valence-electron chi connectivity index (χ1n) is 14.6. The molecule has 2 aromatic heterocycles. The van der Waals surface area contributed by atoms with Gasteiger partial charge in [-0.2, -0.15) is 0 Å². The van der Waals surface area contributed by atoms with Gasteiger partial charge >= 0.3 is 0 Å². The lowest BCUT2D eigenvalue weighted by Gasteiger charge is -2.33. The fraction of sp³-hybridized carbons (Fsp3) is 0. The molecule has 0 fully saturated rings. The molecule has 0 atom stereocenters. The number of ether oxygens (including phenoxy) is 1. The summed E-state index contributed by atoms with van der Waals surface area (Å²) in [6, 6.07) is 50.1. The van der Waals surface area contributed by atoms with Gasteiger partial charge in [-0.15, -0.1) is 5.10 Å². The van der Waals surface area contributed by atoms with Crippen LogP contribution in [0.25, 0.3) is 44.4 Å². The summed E-state index contributed by atoms with van der Waals surface area (Å²) >= 11 is 0. The van der Waals surface area contributed by atoms with Gasteiger partial charge in [0.15, 0.2) is 11.5 Å². The lowest BCUT2D eigenvalue weighted by Crippen LogP contribution is -2.17. The second kappa shape index (κ2) is 9.71. The number of hydrogen-bond acceptors (Lipinski definition) is 4. The maximum absolute atomic E-state index is 6.24. The SMILES string of the molecule is c1ccc2c(c1)Oc1ccccc1N2c1ccccc1-n1cc(-c2ccc(-n3c4ccccc4c4ccccc43)cc2)nn1. The molecular formula is C38H25N5O. The standard InChI is InChI=1S/C38H25N5O/c1-3-13-31-28(11-1)29-12-2-4-14-32(29)42(31)27-23-21-26(22-24-27)30-25-41(40-39-30)33-15-5-6-16-34(33)43-35-17-7-9-19-37(35)44-38-20-10-8-18-36(38)43/h1-25H. The summed E-state index contributed by atoms with van der Waals surface area (Å²) in [6.45, 7) is 0. The molecule has 3 heterocycles. The number of anilines is 3. The number of rotatable bonds is 4. The Labute approximate surface area is 253 Å². The van der Waals surface area contributed by atoms with E-state index in [1.54, 1.807) is 0 Å². The smallest absolute Gasteiger partial charge is 0.151 e. The molecule has 0 bridgehead atoms. The van der Waals surface area contributed by atoms with Crippen LogP contribution in [0.1, 0.15) is 0 Å². The van der Waals surface area contributed by atoms with Crippen LogP contribution in [-0.4, -0.2) is 19.6 Å². The molecule has 6 nitrogen and oxygen atoms in total. The van der Waals surface area contributed by atoms with Crippen molar-refractivity contribution in [3.05, 3.63) is 152 Å². The summed E-state index contributed by atoms with van der Waals surface area (Å²) < 4.78 is 10.4. The Morgan fingerprint density at radius 3 is 1.64 bits per heavy atom. The zero-order valence-electron chi connectivity index (χ0n) is 23.6. The summed E-state index contributed by atoms with van der Waals surface area (Å²) in [6.07, 6.45) is 1.99. The van der Waals surface area contributed by atoms with Crippen molar-refractivity contribution in [2.75, 3.05) is 4.90 Å². The Bertz CT molecular complexity index is 2230. The predicted molar refractivity (Wildman–Crippen MR) is 176 cm³/mol. The molecule has 0 unspecified atom stereocenters. The van der Waals surface area contributed by atoms with Crippen molar-refractivity contribution in [1.82, 2.24) is 19.6 Å². The minimum absolute atomic E-state index is 0.802. The van der Waals surface area contributed by atoms with E-state index >= 15 is 0 Å². The van der Waals surface area contributed by atoms with Crippen molar-refractivity contribution in [1.29, 1.82) is 0 Å². The first kappa shape index (κ1) is 24.5. The third-order valence-corrected chi connectivity index (χ3v) is 8.30. The Hall–Kier alpha value is -6.14.